The van der Waals surface area contributed by atoms with Gasteiger partial charge in [-0.3, -0.25) is 4.79 Å². The summed E-state index contributed by atoms with van der Waals surface area (Å²) in [4.78, 5) is 14.1. The van der Waals surface area contributed by atoms with Gasteiger partial charge in [-0.05, 0) is 37.0 Å². The number of likely N-dealkylation sites (N-methyl/N-ethyl adjacent to an activating group) is 1. The summed E-state index contributed by atoms with van der Waals surface area (Å²) in [7, 11) is 3.33. The standard InChI is InChI=1S/C16H25NO3/c1-11(2)8-14(10-18)17(4)16(19)13-7-6-12(3)15(9-13)20-5/h6-7,9,11,14,18H,8,10H2,1-5H3/t14-/m0/s1. The second kappa shape index (κ2) is 7.29. The first-order chi connectivity index (χ1) is 9.40. The highest BCUT2D eigenvalue weighted by molar-refractivity contribution is 5.94. The number of aryl methyl sites for hydroxylation is 1. The molecule has 0 spiro atoms. The van der Waals surface area contributed by atoms with Gasteiger partial charge < -0.3 is 14.7 Å². The van der Waals surface area contributed by atoms with Gasteiger partial charge in [0.2, 0.25) is 0 Å². The van der Waals surface area contributed by atoms with Crippen molar-refractivity contribution in [1.82, 2.24) is 4.90 Å². The summed E-state index contributed by atoms with van der Waals surface area (Å²) in [5.74, 6) is 1.03. The minimum absolute atomic E-state index is 0.0244. The number of ether oxygens (including phenoxy) is 1. The van der Waals surface area contributed by atoms with E-state index in [9.17, 15) is 9.90 Å². The summed E-state index contributed by atoms with van der Waals surface area (Å²) in [5.41, 5.74) is 1.57. The van der Waals surface area contributed by atoms with Crippen LogP contribution in [0.4, 0.5) is 0 Å². The molecule has 4 nitrogen and oxygen atoms in total. The van der Waals surface area contributed by atoms with Gasteiger partial charge in [0.25, 0.3) is 5.91 Å². The molecule has 0 fully saturated rings. The third kappa shape index (κ3) is 3.97. The van der Waals surface area contributed by atoms with E-state index in [1.807, 2.05) is 13.0 Å². The van der Waals surface area contributed by atoms with E-state index < -0.39 is 0 Å². The van der Waals surface area contributed by atoms with Crippen LogP contribution in [0, 0.1) is 12.8 Å². The van der Waals surface area contributed by atoms with Crippen molar-refractivity contribution in [1.29, 1.82) is 0 Å². The lowest BCUT2D eigenvalue weighted by molar-refractivity contribution is 0.0630. The van der Waals surface area contributed by atoms with Gasteiger partial charge in [0, 0.05) is 12.6 Å². The molecule has 0 aliphatic heterocycles. The van der Waals surface area contributed by atoms with Gasteiger partial charge in [0.15, 0.2) is 0 Å². The second-order valence-corrected chi connectivity index (χ2v) is 5.57. The summed E-state index contributed by atoms with van der Waals surface area (Å²) in [5, 5.41) is 9.47. The molecule has 0 bridgehead atoms. The summed E-state index contributed by atoms with van der Waals surface area (Å²) < 4.78 is 5.25. The molecule has 1 amide bonds. The Morgan fingerprint density at radius 2 is 2.05 bits per heavy atom. The Hall–Kier alpha value is -1.55. The number of carbonyl (C=O) groups is 1. The van der Waals surface area contributed by atoms with Gasteiger partial charge in [0.05, 0.1) is 19.8 Å². The summed E-state index contributed by atoms with van der Waals surface area (Å²) in [6, 6.07) is 5.25. The summed E-state index contributed by atoms with van der Waals surface area (Å²) in [6.07, 6.45) is 0.780. The van der Waals surface area contributed by atoms with E-state index in [4.69, 9.17) is 4.74 Å². The lowest BCUT2D eigenvalue weighted by atomic mass is 10.0. The molecule has 1 atom stereocenters. The number of rotatable bonds is 6. The van der Waals surface area contributed by atoms with Crippen LogP contribution in [0.2, 0.25) is 0 Å². The van der Waals surface area contributed by atoms with Crippen LogP contribution in [-0.2, 0) is 0 Å². The van der Waals surface area contributed by atoms with Gasteiger partial charge in [-0.2, -0.15) is 0 Å². The average molecular weight is 279 g/mol. The Kier molecular flexibility index (Phi) is 6.02. The molecule has 0 aromatic heterocycles. The van der Waals surface area contributed by atoms with Gasteiger partial charge in [0.1, 0.15) is 5.75 Å². The van der Waals surface area contributed by atoms with Gasteiger partial charge in [-0.1, -0.05) is 19.9 Å². The SMILES string of the molecule is COc1cc(C(=O)N(C)[C@H](CO)CC(C)C)ccc1C. The minimum Gasteiger partial charge on any atom is -0.496 e. The van der Waals surface area contributed by atoms with E-state index >= 15 is 0 Å². The molecule has 112 valence electrons. The normalized spacial score (nSPS) is 12.3. The Labute approximate surface area is 121 Å². The number of hydrogen-bond donors (Lipinski definition) is 1. The van der Waals surface area contributed by atoms with Crippen molar-refractivity contribution < 1.29 is 14.6 Å². The van der Waals surface area contributed by atoms with Crippen LogP contribution in [0.15, 0.2) is 18.2 Å². The number of methoxy groups -OCH3 is 1. The van der Waals surface area contributed by atoms with Gasteiger partial charge in [-0.15, -0.1) is 0 Å². The highest BCUT2D eigenvalue weighted by Gasteiger charge is 2.22. The number of hydrogen-bond acceptors (Lipinski definition) is 3. The Balaban J connectivity index is 2.92. The van der Waals surface area contributed by atoms with E-state index in [-0.39, 0.29) is 18.6 Å². The van der Waals surface area contributed by atoms with Gasteiger partial charge >= 0.3 is 0 Å². The maximum atomic E-state index is 12.5. The number of aliphatic hydroxyl groups is 1. The largest absolute Gasteiger partial charge is 0.496 e. The lowest BCUT2D eigenvalue weighted by Gasteiger charge is -2.28. The molecular weight excluding hydrogens is 254 g/mol. The van der Waals surface area contributed by atoms with E-state index in [1.165, 1.54) is 0 Å². The molecule has 1 rings (SSSR count). The van der Waals surface area contributed by atoms with E-state index in [0.717, 1.165) is 12.0 Å². The molecule has 1 aromatic carbocycles. The van der Waals surface area contributed by atoms with Crippen LogP contribution in [0.3, 0.4) is 0 Å². The quantitative estimate of drug-likeness (QED) is 0.870. The smallest absolute Gasteiger partial charge is 0.254 e. The first kappa shape index (κ1) is 16.5. The van der Waals surface area contributed by atoms with Gasteiger partial charge in [-0.25, -0.2) is 0 Å². The summed E-state index contributed by atoms with van der Waals surface area (Å²) >= 11 is 0. The molecule has 4 heteroatoms. The van der Waals surface area contributed by atoms with Crippen LogP contribution < -0.4 is 4.74 Å². The van der Waals surface area contributed by atoms with Crippen molar-refractivity contribution in [3.05, 3.63) is 29.3 Å². The maximum Gasteiger partial charge on any atom is 0.254 e. The maximum absolute atomic E-state index is 12.5. The van der Waals surface area contributed by atoms with E-state index in [0.29, 0.717) is 17.2 Å². The molecule has 0 aliphatic carbocycles. The average Bonchev–Trinajstić information content (AvgIpc) is 2.43. The van der Waals surface area contributed by atoms with Crippen molar-refractivity contribution in [3.8, 4) is 5.75 Å². The predicted molar refractivity (Wildman–Crippen MR) is 80.2 cm³/mol. The highest BCUT2D eigenvalue weighted by atomic mass is 16.5. The molecule has 0 saturated carbocycles. The molecule has 0 unspecified atom stereocenters. The zero-order valence-corrected chi connectivity index (χ0v) is 13.0. The van der Waals surface area contributed by atoms with Crippen LogP contribution in [-0.4, -0.2) is 42.7 Å². The molecule has 0 saturated heterocycles. The summed E-state index contributed by atoms with van der Waals surface area (Å²) in [6.45, 7) is 6.07. The van der Waals surface area contributed by atoms with Crippen molar-refractivity contribution in [3.63, 3.8) is 0 Å². The minimum atomic E-state index is -0.158. The lowest BCUT2D eigenvalue weighted by Crippen LogP contribution is -2.40. The van der Waals surface area contributed by atoms with Crippen molar-refractivity contribution >= 4 is 5.91 Å². The molecule has 0 heterocycles. The zero-order valence-electron chi connectivity index (χ0n) is 13.0. The van der Waals surface area contributed by atoms with E-state index in [1.54, 1.807) is 31.2 Å². The predicted octanol–water partition coefficient (Wildman–Crippen LogP) is 2.48. The Morgan fingerprint density at radius 3 is 2.55 bits per heavy atom. The van der Waals surface area contributed by atoms with E-state index in [2.05, 4.69) is 13.8 Å². The third-order valence-corrected chi connectivity index (χ3v) is 3.48. The van der Waals surface area contributed by atoms with Crippen LogP contribution in [0.1, 0.15) is 36.2 Å². The molecular formula is C16H25NO3. The highest BCUT2D eigenvalue weighted by Crippen LogP contribution is 2.21. The van der Waals surface area contributed by atoms with Crippen molar-refractivity contribution in [2.24, 2.45) is 5.92 Å². The number of nitrogens with zero attached hydrogens (tertiary/aromatic N) is 1. The van der Waals surface area contributed by atoms with Crippen LogP contribution in [0.5, 0.6) is 5.75 Å². The third-order valence-electron chi connectivity index (χ3n) is 3.48. The molecule has 1 N–H and O–H groups in total. The Bertz CT molecular complexity index is 457. The fourth-order valence-electron chi connectivity index (χ4n) is 2.22. The second-order valence-electron chi connectivity index (χ2n) is 5.57. The van der Waals surface area contributed by atoms with Crippen LogP contribution >= 0.6 is 0 Å². The first-order valence-corrected chi connectivity index (χ1v) is 6.93. The van der Waals surface area contributed by atoms with Crippen molar-refractivity contribution in [2.75, 3.05) is 20.8 Å². The molecule has 1 aromatic rings. The zero-order chi connectivity index (χ0) is 15.3. The fraction of sp³-hybridized carbons (Fsp3) is 0.562. The first-order valence-electron chi connectivity index (χ1n) is 6.93. The molecule has 0 radical (unpaired) electrons. The fourth-order valence-corrected chi connectivity index (χ4v) is 2.22. The molecule has 20 heavy (non-hydrogen) atoms. The number of carbonyl (C=O) groups excluding carboxylic acids is 1. The topological polar surface area (TPSA) is 49.8 Å². The number of aliphatic hydroxyl groups excluding tert-OH is 1. The van der Waals surface area contributed by atoms with Crippen molar-refractivity contribution in [2.45, 2.75) is 33.2 Å². The van der Waals surface area contributed by atoms with Crippen LogP contribution in [0.25, 0.3) is 0 Å². The Morgan fingerprint density at radius 1 is 1.40 bits per heavy atom. The molecule has 0 aliphatic rings. The number of benzene rings is 1. The number of amides is 1. The monoisotopic (exact) mass is 279 g/mol.